The third kappa shape index (κ3) is 2.57. The number of carbonyl (C=O) groups is 1. The van der Waals surface area contributed by atoms with Gasteiger partial charge < -0.3 is 14.9 Å². The van der Waals surface area contributed by atoms with Crippen LogP contribution in [-0.4, -0.2) is 23.3 Å². The highest BCUT2D eigenvalue weighted by Gasteiger charge is 2.23. The summed E-state index contributed by atoms with van der Waals surface area (Å²) in [5, 5.41) is 25.1. The Kier molecular flexibility index (Phi) is 3.96. The molecular weight excluding hydrogens is 340 g/mol. The van der Waals surface area contributed by atoms with Crippen molar-refractivity contribution in [3.05, 3.63) is 71.8 Å². The van der Waals surface area contributed by atoms with Crippen molar-refractivity contribution in [1.82, 2.24) is 0 Å². The van der Waals surface area contributed by atoms with E-state index in [-0.39, 0.29) is 17.1 Å². The Morgan fingerprint density at radius 1 is 0.815 bits per heavy atom. The zero-order valence-electron chi connectivity index (χ0n) is 15.0. The van der Waals surface area contributed by atoms with E-state index in [0.717, 1.165) is 21.5 Å². The average Bonchev–Trinajstić information content (AvgIpc) is 2.69. The van der Waals surface area contributed by atoms with Gasteiger partial charge in [-0.2, -0.15) is 0 Å². The Morgan fingerprint density at radius 3 is 1.93 bits per heavy atom. The summed E-state index contributed by atoms with van der Waals surface area (Å²) in [5.74, 6) is -0.751. The molecule has 4 aromatic carbocycles. The second kappa shape index (κ2) is 6.32. The number of hydrogen-bond acceptors (Lipinski definition) is 4. The lowest BCUT2D eigenvalue weighted by atomic mass is 9.89. The molecule has 4 nitrogen and oxygen atoms in total. The average molecular weight is 358 g/mol. The number of benzene rings is 4. The maximum atomic E-state index is 12.2. The van der Waals surface area contributed by atoms with Crippen LogP contribution in [0.1, 0.15) is 15.9 Å². The molecule has 0 atom stereocenters. The molecular formula is C23H18O4. The van der Waals surface area contributed by atoms with E-state index < -0.39 is 5.97 Å². The van der Waals surface area contributed by atoms with Crippen molar-refractivity contribution in [2.45, 2.75) is 6.92 Å². The second-order valence-electron chi connectivity index (χ2n) is 6.50. The molecule has 0 saturated carbocycles. The summed E-state index contributed by atoms with van der Waals surface area (Å²) < 4.78 is 4.84. The number of aryl methyl sites for hydroxylation is 1. The smallest absolute Gasteiger partial charge is 0.341 e. The summed E-state index contributed by atoms with van der Waals surface area (Å²) >= 11 is 0. The highest BCUT2D eigenvalue weighted by Crippen LogP contribution is 2.47. The fourth-order valence-electron chi connectivity index (χ4n) is 3.59. The number of aromatic hydroxyl groups is 2. The number of hydrogen-bond donors (Lipinski definition) is 2. The van der Waals surface area contributed by atoms with E-state index in [2.05, 4.69) is 0 Å². The summed E-state index contributed by atoms with van der Waals surface area (Å²) in [6, 6.07) is 18.6. The maximum absolute atomic E-state index is 12.2. The van der Waals surface area contributed by atoms with Gasteiger partial charge in [-0.25, -0.2) is 4.79 Å². The molecule has 27 heavy (non-hydrogen) atoms. The molecule has 0 fully saturated rings. The van der Waals surface area contributed by atoms with Gasteiger partial charge in [-0.3, -0.25) is 0 Å². The van der Waals surface area contributed by atoms with Gasteiger partial charge in [-0.1, -0.05) is 48.5 Å². The number of rotatable bonds is 2. The van der Waals surface area contributed by atoms with Crippen LogP contribution < -0.4 is 0 Å². The first-order valence-electron chi connectivity index (χ1n) is 8.57. The molecule has 4 aromatic rings. The molecule has 4 heteroatoms. The molecule has 0 saturated heterocycles. The van der Waals surface area contributed by atoms with Gasteiger partial charge in [-0.05, 0) is 46.2 Å². The van der Waals surface area contributed by atoms with E-state index in [9.17, 15) is 15.0 Å². The number of fused-ring (bicyclic) bond motifs is 2. The Bertz CT molecular complexity index is 1210. The predicted octanol–water partition coefficient (Wildman–Crippen LogP) is 5.17. The highest BCUT2D eigenvalue weighted by molar-refractivity contribution is 6.13. The number of phenolic OH excluding ortho intramolecular Hbond substituents is 2. The lowest BCUT2D eigenvalue weighted by Gasteiger charge is -2.17. The van der Waals surface area contributed by atoms with Crippen LogP contribution in [0.3, 0.4) is 0 Å². The van der Waals surface area contributed by atoms with Gasteiger partial charge in [0.15, 0.2) is 0 Å². The SMILES string of the molecule is COC(=O)c1cc2ccccc2c(-c2c(O)c(C)cc3ccccc23)c1O. The van der Waals surface area contributed by atoms with Gasteiger partial charge in [0, 0.05) is 11.1 Å². The minimum absolute atomic E-state index is 0.0659. The molecule has 0 radical (unpaired) electrons. The van der Waals surface area contributed by atoms with Gasteiger partial charge in [0.2, 0.25) is 0 Å². The monoisotopic (exact) mass is 358 g/mol. The minimum Gasteiger partial charge on any atom is -0.507 e. The summed E-state index contributed by atoms with van der Waals surface area (Å²) in [7, 11) is 1.27. The Hall–Kier alpha value is -3.53. The lowest BCUT2D eigenvalue weighted by molar-refractivity contribution is 0.0597. The molecule has 0 bridgehead atoms. The number of ether oxygens (including phenoxy) is 1. The van der Waals surface area contributed by atoms with E-state index in [1.165, 1.54) is 7.11 Å². The van der Waals surface area contributed by atoms with Crippen LogP contribution in [0, 0.1) is 6.92 Å². The third-order valence-corrected chi connectivity index (χ3v) is 4.89. The van der Waals surface area contributed by atoms with Gasteiger partial charge in [-0.15, -0.1) is 0 Å². The molecule has 0 spiro atoms. The van der Waals surface area contributed by atoms with Crippen LogP contribution in [0.25, 0.3) is 32.7 Å². The van der Waals surface area contributed by atoms with Crippen molar-refractivity contribution in [1.29, 1.82) is 0 Å². The van der Waals surface area contributed by atoms with Crippen molar-refractivity contribution >= 4 is 27.5 Å². The summed E-state index contributed by atoms with van der Waals surface area (Å²) in [5.41, 5.74) is 1.68. The number of methoxy groups -OCH3 is 1. The molecule has 0 unspecified atom stereocenters. The molecule has 0 heterocycles. The Morgan fingerprint density at radius 2 is 1.33 bits per heavy atom. The molecule has 4 rings (SSSR count). The van der Waals surface area contributed by atoms with Gasteiger partial charge in [0.1, 0.15) is 17.1 Å². The highest BCUT2D eigenvalue weighted by atomic mass is 16.5. The van der Waals surface area contributed by atoms with Crippen LogP contribution in [-0.2, 0) is 4.74 Å². The molecule has 134 valence electrons. The molecule has 0 aromatic heterocycles. The van der Waals surface area contributed by atoms with Crippen molar-refractivity contribution < 1.29 is 19.7 Å². The van der Waals surface area contributed by atoms with Crippen LogP contribution in [0.5, 0.6) is 11.5 Å². The first-order valence-corrected chi connectivity index (χ1v) is 8.57. The van der Waals surface area contributed by atoms with Crippen molar-refractivity contribution in [2.24, 2.45) is 0 Å². The normalized spacial score (nSPS) is 11.0. The summed E-state index contributed by atoms with van der Waals surface area (Å²) in [4.78, 5) is 12.2. The van der Waals surface area contributed by atoms with E-state index in [1.54, 1.807) is 6.07 Å². The maximum Gasteiger partial charge on any atom is 0.341 e. The quantitative estimate of drug-likeness (QED) is 0.485. The zero-order chi connectivity index (χ0) is 19.1. The van der Waals surface area contributed by atoms with Gasteiger partial charge in [0.05, 0.1) is 7.11 Å². The van der Waals surface area contributed by atoms with E-state index in [0.29, 0.717) is 16.7 Å². The van der Waals surface area contributed by atoms with Gasteiger partial charge >= 0.3 is 5.97 Å². The fourth-order valence-corrected chi connectivity index (χ4v) is 3.59. The molecule has 0 aliphatic heterocycles. The molecule has 2 N–H and O–H groups in total. The number of carbonyl (C=O) groups excluding carboxylic acids is 1. The summed E-state index contributed by atoms with van der Waals surface area (Å²) in [6.45, 7) is 1.81. The third-order valence-electron chi connectivity index (χ3n) is 4.89. The number of phenols is 2. The van der Waals surface area contributed by atoms with E-state index in [4.69, 9.17) is 4.74 Å². The Balaban J connectivity index is 2.24. The Labute approximate surface area is 156 Å². The zero-order valence-corrected chi connectivity index (χ0v) is 15.0. The molecule has 0 aliphatic carbocycles. The van der Waals surface area contributed by atoms with Crippen molar-refractivity contribution in [3.8, 4) is 22.6 Å². The predicted molar refractivity (Wildman–Crippen MR) is 106 cm³/mol. The lowest BCUT2D eigenvalue weighted by Crippen LogP contribution is -2.03. The topological polar surface area (TPSA) is 66.8 Å². The second-order valence-corrected chi connectivity index (χ2v) is 6.50. The van der Waals surface area contributed by atoms with E-state index in [1.807, 2.05) is 61.5 Å². The van der Waals surface area contributed by atoms with Crippen LogP contribution >= 0.6 is 0 Å². The van der Waals surface area contributed by atoms with Crippen molar-refractivity contribution in [2.75, 3.05) is 7.11 Å². The van der Waals surface area contributed by atoms with Crippen LogP contribution in [0.15, 0.2) is 60.7 Å². The number of esters is 1. The fraction of sp³-hybridized carbons (Fsp3) is 0.0870. The van der Waals surface area contributed by atoms with Crippen LogP contribution in [0.2, 0.25) is 0 Å². The summed E-state index contributed by atoms with van der Waals surface area (Å²) in [6.07, 6.45) is 0. The van der Waals surface area contributed by atoms with E-state index >= 15 is 0 Å². The van der Waals surface area contributed by atoms with Crippen molar-refractivity contribution in [3.63, 3.8) is 0 Å². The van der Waals surface area contributed by atoms with Crippen LogP contribution in [0.4, 0.5) is 0 Å². The molecule has 0 aliphatic rings. The minimum atomic E-state index is -0.629. The first-order chi connectivity index (χ1) is 13.0. The largest absolute Gasteiger partial charge is 0.507 e. The standard InChI is InChI=1S/C23H18O4/c1-13-11-14-7-3-5-9-16(14)19(21(13)24)20-17-10-6-4-8-15(17)12-18(22(20)25)23(26)27-2/h3-12,24-25H,1-2H3. The van der Waals surface area contributed by atoms with Gasteiger partial charge in [0.25, 0.3) is 0 Å². The molecule has 0 amide bonds. The first kappa shape index (κ1) is 16.9.